The SMILES string of the molecule is CC(C)(C)OC(=O)N1CCCCC1C(C(=O)O)c1ccccc1.CC(C)(C)OC(=O)N1CCCCC1C(C(=O)[O-])c1ccccc1.CC(C)(C)OC(=O)N1CCCCC1C(C(=O)[O-])c1ccccc1.COC(=O)C(c1ccccc1)C1CCCCN1.[Na+].[Na+]. The number of methoxy groups -OCH3 is 1. The van der Waals surface area contributed by atoms with E-state index in [0.717, 1.165) is 62.6 Å². The number of nitrogens with one attached hydrogen (secondary N) is 1. The van der Waals surface area contributed by atoms with E-state index >= 15 is 0 Å². The molecule has 8 unspecified atom stereocenters. The maximum absolute atomic E-state index is 12.5. The number of ether oxygens (including phenoxy) is 4. The molecular formula is C68H92N4Na2O14. The number of nitrogens with zero attached hydrogens (tertiary/aromatic N) is 3. The number of carboxylic acids is 3. The zero-order valence-electron chi connectivity index (χ0n) is 54.1. The summed E-state index contributed by atoms with van der Waals surface area (Å²) in [6, 6.07) is 35.9. The van der Waals surface area contributed by atoms with Crippen molar-refractivity contribution in [3.8, 4) is 0 Å². The van der Waals surface area contributed by atoms with Gasteiger partial charge in [-0.15, -0.1) is 0 Å². The van der Waals surface area contributed by atoms with Gasteiger partial charge in [-0.25, -0.2) is 14.4 Å². The third kappa shape index (κ3) is 24.4. The van der Waals surface area contributed by atoms with E-state index in [1.54, 1.807) is 117 Å². The predicted molar refractivity (Wildman–Crippen MR) is 324 cm³/mol. The van der Waals surface area contributed by atoms with Crippen molar-refractivity contribution in [1.82, 2.24) is 20.0 Å². The maximum Gasteiger partial charge on any atom is 1.00 e. The van der Waals surface area contributed by atoms with Gasteiger partial charge in [0, 0.05) is 49.6 Å². The molecule has 0 saturated carbocycles. The van der Waals surface area contributed by atoms with Crippen LogP contribution in [-0.4, -0.2) is 136 Å². The van der Waals surface area contributed by atoms with Crippen LogP contribution >= 0.6 is 0 Å². The zero-order valence-corrected chi connectivity index (χ0v) is 58.1. The zero-order chi connectivity index (χ0) is 63.2. The van der Waals surface area contributed by atoms with Gasteiger partial charge in [-0.1, -0.05) is 128 Å². The first kappa shape index (κ1) is 76.8. The van der Waals surface area contributed by atoms with Crippen LogP contribution in [0.15, 0.2) is 121 Å². The van der Waals surface area contributed by atoms with Crippen LogP contribution < -0.4 is 74.6 Å². The van der Waals surface area contributed by atoms with E-state index in [9.17, 15) is 48.9 Å². The van der Waals surface area contributed by atoms with Crippen molar-refractivity contribution in [2.75, 3.05) is 33.3 Å². The number of likely N-dealkylation sites (tertiary alicyclic amines) is 3. The maximum atomic E-state index is 12.5. The van der Waals surface area contributed by atoms with E-state index in [0.29, 0.717) is 50.0 Å². The topological polar surface area (TPSA) is 245 Å². The Morgan fingerprint density at radius 1 is 0.443 bits per heavy atom. The quantitative estimate of drug-likeness (QED) is 0.114. The first-order valence-corrected chi connectivity index (χ1v) is 30.4. The normalized spacial score (nSPS) is 19.9. The first-order chi connectivity index (χ1) is 40.7. The van der Waals surface area contributed by atoms with Crippen molar-refractivity contribution in [3.05, 3.63) is 144 Å². The molecule has 4 fully saturated rings. The number of carbonyl (C=O) groups is 7. The average molecular weight is 1240 g/mol. The number of aliphatic carboxylic acids is 3. The summed E-state index contributed by atoms with van der Waals surface area (Å²) >= 11 is 0. The van der Waals surface area contributed by atoms with Crippen molar-refractivity contribution in [3.63, 3.8) is 0 Å². The minimum atomic E-state index is -1.16. The molecule has 2 N–H and O–H groups in total. The molecule has 18 nitrogen and oxygen atoms in total. The van der Waals surface area contributed by atoms with Crippen LogP contribution in [0.5, 0.6) is 0 Å². The number of carboxylic acid groups (broad SMARTS) is 3. The Morgan fingerprint density at radius 2 is 0.727 bits per heavy atom. The average Bonchev–Trinajstić information content (AvgIpc) is 1.80. The second-order valence-corrected chi connectivity index (χ2v) is 25.3. The van der Waals surface area contributed by atoms with Gasteiger partial charge in [0.05, 0.1) is 31.0 Å². The standard InChI is InChI=1S/3C18H25NO4.C14H19NO2.2Na/c3*1-18(2,3)23-17(22)19-12-8-7-11-14(19)15(16(20)21)13-9-5-4-6-10-13;1-17-14(16)13(11-7-3-2-4-8-11)12-9-5-6-10-15-12;;/h3*4-6,9-10,14-15H,7-8,11-12H2,1-3H3,(H,20,21);2-4,7-8,12-13,15H,5-6,9-10H2,1H3;;/q;;;;2*+1/p-2. The summed E-state index contributed by atoms with van der Waals surface area (Å²) in [5.41, 5.74) is 1.27. The second-order valence-electron chi connectivity index (χ2n) is 25.3. The third-order valence-electron chi connectivity index (χ3n) is 15.3. The number of hydrogen-bond acceptors (Lipinski definition) is 14. The molecule has 0 aliphatic carbocycles. The molecule has 4 aromatic carbocycles. The molecule has 3 amide bonds. The molecule has 470 valence electrons. The second kappa shape index (κ2) is 37.0. The Kier molecular flexibility index (Phi) is 32.3. The summed E-state index contributed by atoms with van der Waals surface area (Å²) in [5.74, 6) is -5.96. The monoisotopic (exact) mass is 1230 g/mol. The van der Waals surface area contributed by atoms with Crippen LogP contribution in [0.1, 0.15) is 185 Å². The largest absolute Gasteiger partial charge is 1.00 e. The number of carbonyl (C=O) groups excluding carboxylic acids is 6. The number of rotatable bonds is 12. The van der Waals surface area contributed by atoms with Crippen molar-refractivity contribution >= 4 is 42.2 Å². The molecule has 0 bridgehead atoms. The molecule has 4 aromatic rings. The van der Waals surface area contributed by atoms with E-state index in [-0.39, 0.29) is 83.1 Å². The van der Waals surface area contributed by atoms with Crippen molar-refractivity contribution in [2.45, 2.75) is 204 Å². The molecular weight excluding hydrogens is 1140 g/mol. The van der Waals surface area contributed by atoms with E-state index in [1.165, 1.54) is 20.0 Å². The Morgan fingerprint density at radius 3 is 0.989 bits per heavy atom. The fourth-order valence-corrected chi connectivity index (χ4v) is 11.6. The molecule has 88 heavy (non-hydrogen) atoms. The van der Waals surface area contributed by atoms with Gasteiger partial charge in [-0.2, -0.15) is 0 Å². The van der Waals surface area contributed by atoms with E-state index in [1.807, 2.05) is 81.4 Å². The number of amides is 3. The smallest absolute Gasteiger partial charge is 0.549 e. The van der Waals surface area contributed by atoms with Gasteiger partial charge in [0.2, 0.25) is 0 Å². The molecule has 8 rings (SSSR count). The minimum absolute atomic E-state index is 0. The Labute approximate surface area is 565 Å². The van der Waals surface area contributed by atoms with Crippen LogP contribution in [-0.2, 0) is 38.1 Å². The van der Waals surface area contributed by atoms with Crippen LogP contribution in [0.25, 0.3) is 0 Å². The fourth-order valence-electron chi connectivity index (χ4n) is 11.6. The van der Waals surface area contributed by atoms with E-state index < -0.39 is 82.8 Å². The van der Waals surface area contributed by atoms with Gasteiger partial charge in [-0.05, 0) is 162 Å². The van der Waals surface area contributed by atoms with Gasteiger partial charge < -0.3 is 63.9 Å². The molecule has 4 saturated heterocycles. The van der Waals surface area contributed by atoms with Gasteiger partial charge >= 0.3 is 89.3 Å². The van der Waals surface area contributed by atoms with Gasteiger partial charge in [-0.3, -0.25) is 9.59 Å². The number of benzene rings is 4. The van der Waals surface area contributed by atoms with Crippen molar-refractivity contribution in [1.29, 1.82) is 0 Å². The number of piperidine rings is 4. The van der Waals surface area contributed by atoms with Gasteiger partial charge in [0.15, 0.2) is 0 Å². The molecule has 20 heteroatoms. The summed E-state index contributed by atoms with van der Waals surface area (Å²) in [6.45, 7) is 18.8. The van der Waals surface area contributed by atoms with Crippen LogP contribution in [0, 0.1) is 0 Å². The number of hydrogen-bond donors (Lipinski definition) is 2. The first-order valence-electron chi connectivity index (χ1n) is 30.4. The molecule has 0 spiro atoms. The summed E-state index contributed by atoms with van der Waals surface area (Å²) in [4.78, 5) is 89.5. The third-order valence-corrected chi connectivity index (χ3v) is 15.3. The summed E-state index contributed by atoms with van der Waals surface area (Å²) in [6.07, 6.45) is 9.28. The summed E-state index contributed by atoms with van der Waals surface area (Å²) < 4.78 is 21.3. The van der Waals surface area contributed by atoms with Crippen LogP contribution in [0.3, 0.4) is 0 Å². The van der Waals surface area contributed by atoms with E-state index in [4.69, 9.17) is 18.9 Å². The fraction of sp³-hybridized carbons (Fsp3) is 0.544. The predicted octanol–water partition coefficient (Wildman–Crippen LogP) is 4.36. The van der Waals surface area contributed by atoms with Crippen molar-refractivity contribution in [2.24, 2.45) is 0 Å². The molecule has 0 radical (unpaired) electrons. The number of esters is 1. The molecule has 4 aliphatic heterocycles. The van der Waals surface area contributed by atoms with Gasteiger partial charge in [0.25, 0.3) is 0 Å². The Bertz CT molecular complexity index is 2530. The molecule has 4 heterocycles. The summed E-state index contributed by atoms with van der Waals surface area (Å²) in [5, 5.41) is 36.7. The Hall–Kier alpha value is -5.47. The van der Waals surface area contributed by atoms with Crippen molar-refractivity contribution < 1.29 is 127 Å². The van der Waals surface area contributed by atoms with Crippen LogP contribution in [0.4, 0.5) is 14.4 Å². The van der Waals surface area contributed by atoms with Crippen LogP contribution in [0.2, 0.25) is 0 Å². The molecule has 0 aromatic heterocycles. The molecule has 8 atom stereocenters. The van der Waals surface area contributed by atoms with Gasteiger partial charge in [0.1, 0.15) is 22.7 Å². The summed E-state index contributed by atoms with van der Waals surface area (Å²) in [7, 11) is 1.46. The minimum Gasteiger partial charge on any atom is -0.549 e. The van der Waals surface area contributed by atoms with E-state index in [2.05, 4.69) is 5.32 Å². The Balaban J connectivity index is 0.000000306. The molecule has 4 aliphatic rings.